The maximum Gasteiger partial charge on any atom is 0.196 e. The molecule has 0 aliphatic carbocycles. The zero-order chi connectivity index (χ0) is 20.1. The summed E-state index contributed by atoms with van der Waals surface area (Å²) in [5.74, 6) is 0. The van der Waals surface area contributed by atoms with Gasteiger partial charge in [0.25, 0.3) is 0 Å². The molecule has 1 atom stereocenters. The average Bonchev–Trinajstić information content (AvgIpc) is 2.93. The number of rotatable bonds is 5. The molecule has 3 heterocycles. The highest BCUT2D eigenvalue weighted by Gasteiger charge is 2.28. The van der Waals surface area contributed by atoms with E-state index in [4.69, 9.17) is 0 Å². The molecule has 0 radical (unpaired) electrons. The zero-order valence-electron chi connectivity index (χ0n) is 16.1. The zero-order valence-corrected chi connectivity index (χ0v) is 16.9. The lowest BCUT2D eigenvalue weighted by atomic mass is 10.1. The minimum atomic E-state index is -3.43. The number of allylic oxidation sites excluding steroid dienone is 1. The third-order valence-electron chi connectivity index (χ3n) is 5.10. The Morgan fingerprint density at radius 2 is 2.04 bits per heavy atom. The number of aliphatic imine (C=N–C) groups is 1. The second kappa shape index (κ2) is 6.87. The maximum absolute atomic E-state index is 12.1. The lowest BCUT2D eigenvalue weighted by Crippen LogP contribution is -2.53. The number of hydrogen-bond acceptors (Lipinski definition) is 8. The molecule has 150 valence electrons. The molecule has 0 saturated carbocycles. The number of aliphatic hydroxyl groups excluding tert-OH is 1. The summed E-state index contributed by atoms with van der Waals surface area (Å²) < 4.78 is 25.7. The number of nitrogens with one attached hydrogen (secondary N) is 1. The van der Waals surface area contributed by atoms with E-state index in [0.29, 0.717) is 18.5 Å². The third-order valence-corrected chi connectivity index (χ3v) is 6.10. The number of likely N-dealkylation sites (tertiary alicyclic amines) is 1. The number of sulfone groups is 1. The first-order chi connectivity index (χ1) is 13.2. The Hall–Kier alpha value is -2.43. The van der Waals surface area contributed by atoms with Crippen molar-refractivity contribution in [1.29, 1.82) is 0 Å². The molecule has 2 aliphatic rings. The molecule has 1 saturated heterocycles. The van der Waals surface area contributed by atoms with Crippen LogP contribution in [0, 0.1) is 0 Å². The van der Waals surface area contributed by atoms with Crippen molar-refractivity contribution in [1.82, 2.24) is 19.6 Å². The summed E-state index contributed by atoms with van der Waals surface area (Å²) in [6.45, 7) is 2.12. The van der Waals surface area contributed by atoms with Crippen LogP contribution in [0.2, 0.25) is 0 Å². The summed E-state index contributed by atoms with van der Waals surface area (Å²) in [5, 5.41) is 17.6. The summed E-state index contributed by atoms with van der Waals surface area (Å²) in [5.41, 5.74) is 2.61. The van der Waals surface area contributed by atoms with Crippen molar-refractivity contribution in [2.24, 2.45) is 12.0 Å². The molecule has 2 N–H and O–H groups in total. The monoisotopic (exact) mass is 404 g/mol. The molecule has 1 aromatic carbocycles. The van der Waals surface area contributed by atoms with Crippen LogP contribution in [0.1, 0.15) is 0 Å². The van der Waals surface area contributed by atoms with Crippen LogP contribution in [0.25, 0.3) is 10.9 Å². The number of fused-ring (bicyclic) bond motifs is 1. The van der Waals surface area contributed by atoms with Gasteiger partial charge in [0.2, 0.25) is 0 Å². The van der Waals surface area contributed by atoms with E-state index in [2.05, 4.69) is 20.3 Å². The predicted octanol–water partition coefficient (Wildman–Crippen LogP) is 0.249. The number of likely N-dealkylation sites (N-methyl/N-ethyl adjacent to an activating group) is 1. The van der Waals surface area contributed by atoms with E-state index in [1.165, 1.54) is 0 Å². The molecular weight excluding hydrogens is 380 g/mol. The van der Waals surface area contributed by atoms with Crippen molar-refractivity contribution >= 4 is 32.6 Å². The molecule has 4 rings (SSSR count). The first-order valence-corrected chi connectivity index (χ1v) is 10.9. The fourth-order valence-corrected chi connectivity index (χ4v) is 4.36. The van der Waals surface area contributed by atoms with Crippen LogP contribution < -0.4 is 5.32 Å². The maximum atomic E-state index is 12.1. The van der Waals surface area contributed by atoms with Gasteiger partial charge in [0.15, 0.2) is 21.2 Å². The van der Waals surface area contributed by atoms with Gasteiger partial charge in [-0.2, -0.15) is 5.10 Å². The molecule has 9 nitrogen and oxygen atoms in total. The van der Waals surface area contributed by atoms with Crippen molar-refractivity contribution in [3.8, 4) is 0 Å². The molecule has 0 spiro atoms. The number of nitrogens with zero attached hydrogens (tertiary/aromatic N) is 5. The van der Waals surface area contributed by atoms with Crippen LogP contribution in [-0.2, 0) is 16.9 Å². The lowest BCUT2D eigenvalue weighted by Gasteiger charge is -2.40. The van der Waals surface area contributed by atoms with Crippen molar-refractivity contribution in [2.75, 3.05) is 38.3 Å². The number of hydrogen-bond donors (Lipinski definition) is 2. The normalized spacial score (nSPS) is 21.1. The second-order valence-corrected chi connectivity index (χ2v) is 9.30. The minimum absolute atomic E-state index is 0.0751. The van der Waals surface area contributed by atoms with E-state index in [9.17, 15) is 13.5 Å². The van der Waals surface area contributed by atoms with Crippen LogP contribution in [0.3, 0.4) is 0 Å². The Morgan fingerprint density at radius 3 is 2.71 bits per heavy atom. The van der Waals surface area contributed by atoms with Gasteiger partial charge in [0, 0.05) is 63.0 Å². The molecular formula is C18H24N6O3S. The summed E-state index contributed by atoms with van der Waals surface area (Å²) in [6, 6.07) is 5.54. The summed E-state index contributed by atoms with van der Waals surface area (Å²) in [4.78, 5) is 8.69. The molecule has 1 aromatic heterocycles. The van der Waals surface area contributed by atoms with E-state index in [-0.39, 0.29) is 17.4 Å². The lowest BCUT2D eigenvalue weighted by molar-refractivity contribution is 0.00434. The number of benzene rings is 1. The van der Waals surface area contributed by atoms with Crippen LogP contribution in [0.5, 0.6) is 0 Å². The van der Waals surface area contributed by atoms with Crippen LogP contribution >= 0.6 is 0 Å². The van der Waals surface area contributed by atoms with E-state index >= 15 is 0 Å². The van der Waals surface area contributed by atoms with Gasteiger partial charge < -0.3 is 15.3 Å². The highest BCUT2D eigenvalue weighted by molar-refractivity contribution is 7.90. The Morgan fingerprint density at radius 1 is 1.29 bits per heavy atom. The largest absolute Gasteiger partial charge is 0.390 e. The van der Waals surface area contributed by atoms with Gasteiger partial charge in [-0.1, -0.05) is 0 Å². The fourth-order valence-electron chi connectivity index (χ4n) is 3.53. The van der Waals surface area contributed by atoms with Crippen molar-refractivity contribution in [2.45, 2.75) is 17.4 Å². The van der Waals surface area contributed by atoms with Crippen molar-refractivity contribution < 1.29 is 13.5 Å². The Kier molecular flexibility index (Phi) is 4.64. The fraction of sp³-hybridized carbons (Fsp3) is 0.444. The molecule has 2 aromatic rings. The number of aromatic nitrogens is 2. The molecule has 2 aliphatic heterocycles. The Bertz CT molecular complexity index is 1070. The number of β-amino-alcohol motifs (C(OH)–C–C–N with tert-alkyl or cyclic N) is 1. The summed E-state index contributed by atoms with van der Waals surface area (Å²) >= 11 is 0. The number of aliphatic hydroxyl groups is 1. The number of anilines is 1. The molecule has 0 bridgehead atoms. The van der Waals surface area contributed by atoms with Gasteiger partial charge in [-0.15, -0.1) is 0 Å². The molecule has 0 amide bonds. The smallest absolute Gasteiger partial charge is 0.196 e. The van der Waals surface area contributed by atoms with Gasteiger partial charge in [-0.05, 0) is 24.3 Å². The average molecular weight is 404 g/mol. The number of aryl methyl sites for hydroxylation is 1. The van der Waals surface area contributed by atoms with E-state index < -0.39 is 9.84 Å². The van der Waals surface area contributed by atoms with E-state index in [1.54, 1.807) is 24.0 Å². The first-order valence-electron chi connectivity index (χ1n) is 9.01. The first kappa shape index (κ1) is 18.9. The van der Waals surface area contributed by atoms with E-state index in [0.717, 1.165) is 29.7 Å². The van der Waals surface area contributed by atoms with Gasteiger partial charge in [-0.25, -0.2) is 13.4 Å². The SMILES string of the molecule is CN1C(CN2CC(O)C2)=CC=NC1Nc1ccc2c(c1)c(S(C)(=O)=O)nn2C. The van der Waals surface area contributed by atoms with Gasteiger partial charge in [0.1, 0.15) is 0 Å². The van der Waals surface area contributed by atoms with Gasteiger partial charge in [-0.3, -0.25) is 9.58 Å². The summed E-state index contributed by atoms with van der Waals surface area (Å²) in [7, 11) is 0.261. The van der Waals surface area contributed by atoms with Crippen LogP contribution in [0.15, 0.2) is 40.0 Å². The summed E-state index contributed by atoms with van der Waals surface area (Å²) in [6.07, 6.45) is 4.37. The minimum Gasteiger partial charge on any atom is -0.390 e. The van der Waals surface area contributed by atoms with Crippen LogP contribution in [0.4, 0.5) is 5.69 Å². The van der Waals surface area contributed by atoms with Crippen molar-refractivity contribution in [3.63, 3.8) is 0 Å². The highest BCUT2D eigenvalue weighted by Crippen LogP contribution is 2.27. The van der Waals surface area contributed by atoms with E-state index in [1.807, 2.05) is 30.2 Å². The Labute approximate surface area is 163 Å². The molecule has 1 unspecified atom stereocenters. The quantitative estimate of drug-likeness (QED) is 0.736. The molecule has 28 heavy (non-hydrogen) atoms. The third kappa shape index (κ3) is 3.50. The molecule has 1 fully saturated rings. The highest BCUT2D eigenvalue weighted by atomic mass is 32.2. The van der Waals surface area contributed by atoms with Gasteiger partial charge >= 0.3 is 0 Å². The standard InChI is InChI=1S/C18H24N6O3S/c1-22-13(9-24-10-14(25)11-24)6-7-19-18(22)20-12-4-5-16-15(8-12)17(21-23(16)2)28(3,26)27/h4-8,14,18,20,25H,9-11H2,1-3H3. The van der Waals surface area contributed by atoms with Crippen molar-refractivity contribution in [3.05, 3.63) is 30.0 Å². The second-order valence-electron chi connectivity index (χ2n) is 7.37. The van der Waals surface area contributed by atoms with Gasteiger partial charge in [0.05, 0.1) is 11.6 Å². The molecule has 10 heteroatoms. The predicted molar refractivity (Wildman–Crippen MR) is 108 cm³/mol. The van der Waals surface area contributed by atoms with Crippen LogP contribution in [-0.4, -0.2) is 84.7 Å². The Balaban J connectivity index is 1.55. The topological polar surface area (TPSA) is 103 Å².